The van der Waals surface area contributed by atoms with E-state index in [0.29, 0.717) is 0 Å². The van der Waals surface area contributed by atoms with Crippen molar-refractivity contribution in [3.63, 3.8) is 0 Å². The third-order valence-electron chi connectivity index (χ3n) is 9.57. The van der Waals surface area contributed by atoms with E-state index in [9.17, 15) is 0 Å². The van der Waals surface area contributed by atoms with Gasteiger partial charge in [0, 0.05) is 47.0 Å². The number of fused-ring (bicyclic) bond motifs is 3. The highest BCUT2D eigenvalue weighted by Crippen LogP contribution is 2.52. The van der Waals surface area contributed by atoms with Crippen molar-refractivity contribution in [1.29, 1.82) is 0 Å². The van der Waals surface area contributed by atoms with Crippen molar-refractivity contribution in [1.82, 2.24) is 38.9 Å². The molecular weight excluding hydrogens is 697 g/mol. The molecule has 1 spiro atoms. The second kappa shape index (κ2) is 21.7. The first-order valence-corrected chi connectivity index (χ1v) is 18.9. The molecule has 302 valence electrons. The van der Waals surface area contributed by atoms with Gasteiger partial charge in [-0.05, 0) is 159 Å². The number of piperidine rings is 1. The summed E-state index contributed by atoms with van der Waals surface area (Å²) in [6.07, 6.45) is 13.7. The van der Waals surface area contributed by atoms with Crippen LogP contribution < -0.4 is 0 Å². The molecule has 0 radical (unpaired) electrons. The van der Waals surface area contributed by atoms with E-state index in [1.54, 1.807) is 9.20 Å². The first-order chi connectivity index (χ1) is 24.3. The molecule has 0 unspecified atom stereocenters. The van der Waals surface area contributed by atoms with E-state index in [4.69, 9.17) is 0 Å². The fourth-order valence-corrected chi connectivity index (χ4v) is 7.99. The van der Waals surface area contributed by atoms with Crippen LogP contribution in [0.15, 0.2) is 79.4 Å². The Kier molecular flexibility index (Phi) is 19.2. The van der Waals surface area contributed by atoms with Crippen LogP contribution in [0, 0.1) is 59.8 Å². The summed E-state index contributed by atoms with van der Waals surface area (Å²) in [6.45, 7) is 19.4. The molecule has 0 N–H and O–H groups in total. The number of thiophene rings is 1. The number of rotatable bonds is 0. The van der Waals surface area contributed by atoms with Gasteiger partial charge in [0.25, 0.3) is 0 Å². The average molecular weight is 769 g/mol. The number of pyridine rings is 1. The van der Waals surface area contributed by atoms with Crippen LogP contribution in [0.1, 0.15) is 101 Å². The van der Waals surface area contributed by atoms with E-state index in [0.717, 1.165) is 34.1 Å². The Morgan fingerprint density at radius 2 is 1.29 bits per heavy atom. The second-order valence-electron chi connectivity index (χ2n) is 14.9. The van der Waals surface area contributed by atoms with Gasteiger partial charge in [0.2, 0.25) is 0 Å². The van der Waals surface area contributed by atoms with Crippen LogP contribution in [-0.2, 0) is 7.05 Å². The summed E-state index contributed by atoms with van der Waals surface area (Å²) in [4.78, 5) is 8.16. The summed E-state index contributed by atoms with van der Waals surface area (Å²) in [5, 5.41) is 13.8. The van der Waals surface area contributed by atoms with Crippen molar-refractivity contribution in [2.45, 2.75) is 111 Å². The summed E-state index contributed by atoms with van der Waals surface area (Å²) in [6, 6.07) is 19.0. The number of hydrogen-bond donors (Lipinski definition) is 0. The lowest BCUT2D eigenvalue weighted by atomic mass is 9.58. The summed E-state index contributed by atoms with van der Waals surface area (Å²) in [5.41, 5.74) is 9.82. The largest absolute Gasteiger partial charge is 0.306 e. The molecular formula is C46H72N8S. The molecule has 1 saturated heterocycles. The first kappa shape index (κ1) is 48.7. The smallest absolute Gasteiger partial charge is 0.155 e. The number of likely N-dealkylation sites (tertiary alicyclic amines) is 1. The molecule has 1 aliphatic heterocycles. The molecule has 55 heavy (non-hydrogen) atoms. The number of aromatic nitrogens is 7. The predicted molar refractivity (Wildman–Crippen MR) is 241 cm³/mol. The molecule has 1 aromatic carbocycles. The summed E-state index contributed by atoms with van der Waals surface area (Å²) < 4.78 is 6.85. The van der Waals surface area contributed by atoms with Crippen LogP contribution in [0.5, 0.6) is 0 Å². The minimum atomic E-state index is 0. The van der Waals surface area contributed by atoms with Gasteiger partial charge in [0.15, 0.2) is 5.65 Å². The van der Waals surface area contributed by atoms with E-state index < -0.39 is 0 Å². The van der Waals surface area contributed by atoms with Gasteiger partial charge in [-0.25, -0.2) is 14.0 Å². The number of nitrogens with zero attached hydrogens (tertiary/aromatic N) is 8. The van der Waals surface area contributed by atoms with E-state index in [-0.39, 0.29) is 29.7 Å². The number of hydrogen-bond acceptors (Lipinski definition) is 6. The third-order valence-corrected chi connectivity index (χ3v) is 10.6. The van der Waals surface area contributed by atoms with E-state index in [1.165, 1.54) is 75.9 Å². The molecule has 8 nitrogen and oxygen atoms in total. The molecule has 2 fully saturated rings. The van der Waals surface area contributed by atoms with Crippen molar-refractivity contribution in [2.24, 2.45) is 18.4 Å². The molecule has 7 aromatic rings. The van der Waals surface area contributed by atoms with Gasteiger partial charge >= 0.3 is 0 Å². The molecule has 0 bridgehead atoms. The third kappa shape index (κ3) is 14.0. The van der Waals surface area contributed by atoms with Gasteiger partial charge in [0.1, 0.15) is 0 Å². The van der Waals surface area contributed by atoms with Crippen LogP contribution in [0.3, 0.4) is 0 Å². The highest BCUT2D eigenvalue weighted by atomic mass is 32.1. The lowest BCUT2D eigenvalue weighted by molar-refractivity contribution is 0.000966. The van der Waals surface area contributed by atoms with Crippen LogP contribution in [0.25, 0.3) is 21.3 Å². The van der Waals surface area contributed by atoms with Crippen molar-refractivity contribution in [3.8, 4) is 0 Å². The maximum Gasteiger partial charge on any atom is 0.155 e. The quantitative estimate of drug-likeness (QED) is 0.154. The Labute approximate surface area is 337 Å². The fourth-order valence-electron chi connectivity index (χ4n) is 7.08. The van der Waals surface area contributed by atoms with Gasteiger partial charge in [-0.3, -0.25) is 4.68 Å². The van der Waals surface area contributed by atoms with Crippen LogP contribution >= 0.6 is 11.3 Å². The van der Waals surface area contributed by atoms with Gasteiger partial charge in [-0.2, -0.15) is 15.3 Å². The van der Waals surface area contributed by atoms with Crippen LogP contribution in [0.4, 0.5) is 0 Å². The monoisotopic (exact) mass is 769 g/mol. The van der Waals surface area contributed by atoms with Crippen LogP contribution in [-0.4, -0.2) is 59.0 Å². The average Bonchev–Trinajstić information content (AvgIpc) is 3.83. The Morgan fingerprint density at radius 3 is 1.89 bits per heavy atom. The molecule has 1 saturated carbocycles. The van der Waals surface area contributed by atoms with E-state index in [1.807, 2.05) is 87.5 Å². The Bertz CT molecular complexity index is 1950. The second-order valence-corrected chi connectivity index (χ2v) is 16.2. The zero-order chi connectivity index (χ0) is 36.7. The summed E-state index contributed by atoms with van der Waals surface area (Å²) in [7, 11) is 4.15. The normalized spacial score (nSPS) is 14.1. The molecule has 7 heterocycles. The fraction of sp³-hybridized carbons (Fsp3) is 0.478. The Hall–Kier alpha value is -4.34. The highest BCUT2D eigenvalue weighted by molar-refractivity contribution is 7.19. The van der Waals surface area contributed by atoms with E-state index >= 15 is 0 Å². The molecule has 9 rings (SSSR count). The number of aryl methyl sites for hydroxylation is 8. The van der Waals surface area contributed by atoms with Crippen molar-refractivity contribution in [3.05, 3.63) is 118 Å². The Morgan fingerprint density at radius 1 is 0.673 bits per heavy atom. The highest BCUT2D eigenvalue weighted by Gasteiger charge is 2.42. The maximum atomic E-state index is 4.30. The molecule has 2 aliphatic rings. The molecule has 0 atom stereocenters. The molecule has 0 amide bonds. The molecule has 1 aliphatic carbocycles. The number of benzene rings is 1. The van der Waals surface area contributed by atoms with Crippen molar-refractivity contribution in [2.75, 3.05) is 20.1 Å². The maximum absolute atomic E-state index is 4.30. The Balaban J connectivity index is 0.000000340. The lowest BCUT2D eigenvalue weighted by Gasteiger charge is -2.51. The summed E-state index contributed by atoms with van der Waals surface area (Å²) >= 11 is 1.86. The lowest BCUT2D eigenvalue weighted by Crippen LogP contribution is -2.45. The topological polar surface area (TPSA) is 68.6 Å². The van der Waals surface area contributed by atoms with Crippen LogP contribution in [0.2, 0.25) is 0 Å². The van der Waals surface area contributed by atoms with Gasteiger partial charge < -0.3 is 4.90 Å². The van der Waals surface area contributed by atoms with Gasteiger partial charge in [0.05, 0.1) is 23.1 Å². The molecule has 9 heteroatoms. The first-order valence-electron chi connectivity index (χ1n) is 18.1. The zero-order valence-electron chi connectivity index (χ0n) is 32.3. The SMILES string of the molecule is C.C.C.C.CC1CC2(CCN(C)CC2)C1.Cc1ccc2sc(C)cc2c1.Cc1ccn2nc(C)cc2c1.Cc1ccn2nc(C)cc2n1.Cc1cnn(C)c1. The predicted octanol–water partition coefficient (Wildman–Crippen LogP) is 12.2. The van der Waals surface area contributed by atoms with E-state index in [2.05, 4.69) is 102 Å². The summed E-state index contributed by atoms with van der Waals surface area (Å²) in [5.74, 6) is 1.03. The minimum Gasteiger partial charge on any atom is -0.306 e. The van der Waals surface area contributed by atoms with Crippen molar-refractivity contribution >= 4 is 32.6 Å². The standard InChI is InChI=1S/C10H19N.C10H10S.C9H10N2.C8H9N3.C5H8N2.4CH4/c1-9-7-10(8-9)3-5-11(2)6-4-10;1-7-3-4-10-9(5-7)6-8(2)11-10;1-7-3-4-11-9(5-7)6-8(2)10-11;1-6-3-4-11-8(9-6)5-7(2)10-11;1-5-3-6-7(2)4-5;;;;/h9H,3-8H2,1-2H3;2*3-6H,1-2H3;3-5H,1-2H3;3-4H,1-2H3;4*1H4. The van der Waals surface area contributed by atoms with Crippen molar-refractivity contribution < 1.29 is 0 Å². The molecule has 6 aromatic heterocycles. The minimum absolute atomic E-state index is 0. The van der Waals surface area contributed by atoms with Gasteiger partial charge in [-0.15, -0.1) is 11.3 Å². The van der Waals surface area contributed by atoms with Gasteiger partial charge in [-0.1, -0.05) is 54.3 Å². The zero-order valence-corrected chi connectivity index (χ0v) is 33.1.